The van der Waals surface area contributed by atoms with Gasteiger partial charge in [0.2, 0.25) is 0 Å². The van der Waals surface area contributed by atoms with E-state index in [4.69, 9.17) is 0 Å². The van der Waals surface area contributed by atoms with Crippen LogP contribution in [0, 0.1) is 6.92 Å². The van der Waals surface area contributed by atoms with Gasteiger partial charge in [0.05, 0.1) is 11.0 Å². The summed E-state index contributed by atoms with van der Waals surface area (Å²) in [6.07, 6.45) is 1.64. The van der Waals surface area contributed by atoms with Crippen LogP contribution in [0.2, 0.25) is 0 Å². The summed E-state index contributed by atoms with van der Waals surface area (Å²) in [6, 6.07) is 9.31. The van der Waals surface area contributed by atoms with E-state index >= 15 is 0 Å². The van der Waals surface area contributed by atoms with Crippen molar-refractivity contribution in [2.75, 3.05) is 0 Å². The minimum Gasteiger partial charge on any atom is -0.363 e. The predicted octanol–water partition coefficient (Wildman–Crippen LogP) is 2.58. The van der Waals surface area contributed by atoms with Gasteiger partial charge in [-0.15, -0.1) is 0 Å². The minimum atomic E-state index is -0.277. The first-order valence-corrected chi connectivity index (χ1v) is 6.49. The van der Waals surface area contributed by atoms with Gasteiger partial charge in [-0.3, -0.25) is 4.79 Å². The first-order chi connectivity index (χ1) is 9.16. The average Bonchev–Trinajstić information content (AvgIpc) is 2.85. The summed E-state index contributed by atoms with van der Waals surface area (Å²) in [5.41, 5.74) is 3.31. The maximum atomic E-state index is 11.7. The number of pyridine rings is 1. The highest BCUT2D eigenvalue weighted by Crippen LogP contribution is 2.27. The number of thiol groups is 1. The fourth-order valence-corrected chi connectivity index (χ4v) is 2.49. The molecule has 0 fully saturated rings. The summed E-state index contributed by atoms with van der Waals surface area (Å²) >= 11 is 4.57. The fraction of sp³-hybridized carbons (Fsp3) is 0.143. The Bertz CT molecular complexity index is 757. The summed E-state index contributed by atoms with van der Waals surface area (Å²) in [5, 5.41) is -0.277. The number of benzene rings is 1. The van der Waals surface area contributed by atoms with Gasteiger partial charge in [-0.1, -0.05) is 12.1 Å². The predicted molar refractivity (Wildman–Crippen MR) is 78.7 cm³/mol. The van der Waals surface area contributed by atoms with Crippen molar-refractivity contribution in [3.05, 3.63) is 63.8 Å². The van der Waals surface area contributed by atoms with Gasteiger partial charge < -0.3 is 9.97 Å². The van der Waals surface area contributed by atoms with Crippen molar-refractivity contribution in [3.63, 3.8) is 0 Å². The number of nitrogens with zero attached hydrogens (tertiary/aromatic N) is 1. The van der Waals surface area contributed by atoms with E-state index in [1.807, 2.05) is 24.3 Å². The van der Waals surface area contributed by atoms with Gasteiger partial charge in [-0.25, -0.2) is 4.98 Å². The number of aromatic amines is 2. The molecule has 3 aromatic rings. The Hall–Kier alpha value is -2.01. The zero-order valence-electron chi connectivity index (χ0n) is 10.3. The van der Waals surface area contributed by atoms with Crippen LogP contribution in [0.4, 0.5) is 0 Å². The van der Waals surface area contributed by atoms with Gasteiger partial charge in [0, 0.05) is 23.5 Å². The van der Waals surface area contributed by atoms with E-state index in [9.17, 15) is 4.79 Å². The summed E-state index contributed by atoms with van der Waals surface area (Å²) in [7, 11) is 0. The van der Waals surface area contributed by atoms with Crippen molar-refractivity contribution in [3.8, 4) is 0 Å². The lowest BCUT2D eigenvalue weighted by atomic mass is 10.1. The van der Waals surface area contributed by atoms with Gasteiger partial charge >= 0.3 is 0 Å². The van der Waals surface area contributed by atoms with Crippen LogP contribution >= 0.6 is 12.6 Å². The molecule has 5 heteroatoms. The minimum absolute atomic E-state index is 0.00362. The van der Waals surface area contributed by atoms with Gasteiger partial charge in [0.1, 0.15) is 11.1 Å². The molecule has 0 saturated heterocycles. The summed E-state index contributed by atoms with van der Waals surface area (Å²) < 4.78 is 0. The Balaban J connectivity index is 2.10. The van der Waals surface area contributed by atoms with E-state index in [1.54, 1.807) is 13.1 Å². The van der Waals surface area contributed by atoms with Crippen LogP contribution < -0.4 is 5.43 Å². The Morgan fingerprint density at radius 2 is 2.05 bits per heavy atom. The standard InChI is InChI=1S/C14H13N3OS/c1-8-11(18)6-7-15-12(8)13(19)14-16-9-4-2-3-5-10(9)17-14/h2-7,13,19H,1H3,(H,15,18)(H,16,17). The van der Waals surface area contributed by atoms with Crippen LogP contribution in [0.15, 0.2) is 41.3 Å². The van der Waals surface area contributed by atoms with Crippen LogP contribution in [0.25, 0.3) is 11.0 Å². The smallest absolute Gasteiger partial charge is 0.184 e. The van der Waals surface area contributed by atoms with Gasteiger partial charge in [-0.05, 0) is 19.1 Å². The number of nitrogens with one attached hydrogen (secondary N) is 2. The molecule has 96 valence electrons. The molecule has 0 aliphatic heterocycles. The molecule has 4 nitrogen and oxygen atoms in total. The third-order valence-corrected chi connectivity index (χ3v) is 3.69. The average molecular weight is 271 g/mol. The first-order valence-electron chi connectivity index (χ1n) is 5.97. The normalized spacial score (nSPS) is 12.7. The quantitative estimate of drug-likeness (QED) is 0.627. The highest BCUT2D eigenvalue weighted by atomic mass is 32.1. The van der Waals surface area contributed by atoms with Crippen molar-refractivity contribution >= 4 is 23.7 Å². The van der Waals surface area contributed by atoms with Crippen LogP contribution in [0.3, 0.4) is 0 Å². The van der Waals surface area contributed by atoms with E-state index < -0.39 is 0 Å². The third-order valence-electron chi connectivity index (χ3n) is 3.19. The molecule has 0 aliphatic carbocycles. The zero-order chi connectivity index (χ0) is 13.4. The lowest BCUT2D eigenvalue weighted by Crippen LogP contribution is -2.11. The third kappa shape index (κ3) is 2.06. The number of rotatable bonds is 2. The zero-order valence-corrected chi connectivity index (χ0v) is 11.2. The summed E-state index contributed by atoms with van der Waals surface area (Å²) in [4.78, 5) is 22.5. The van der Waals surface area contributed by atoms with Crippen molar-refractivity contribution in [1.29, 1.82) is 0 Å². The molecule has 0 spiro atoms. The molecule has 0 saturated carbocycles. The molecule has 0 bridgehead atoms. The van der Waals surface area contributed by atoms with E-state index in [0.717, 1.165) is 22.6 Å². The topological polar surface area (TPSA) is 61.5 Å². The van der Waals surface area contributed by atoms with Crippen molar-refractivity contribution in [2.24, 2.45) is 0 Å². The van der Waals surface area contributed by atoms with Crippen LogP contribution in [-0.2, 0) is 0 Å². The molecule has 19 heavy (non-hydrogen) atoms. The second-order valence-corrected chi connectivity index (χ2v) is 4.94. The first kappa shape index (κ1) is 12.0. The van der Waals surface area contributed by atoms with E-state index in [0.29, 0.717) is 5.56 Å². The fourth-order valence-electron chi connectivity index (χ4n) is 2.10. The Morgan fingerprint density at radius 1 is 1.26 bits per heavy atom. The highest BCUT2D eigenvalue weighted by Gasteiger charge is 2.17. The van der Waals surface area contributed by atoms with Crippen molar-refractivity contribution in [1.82, 2.24) is 15.0 Å². The number of aromatic nitrogens is 3. The second kappa shape index (κ2) is 4.59. The van der Waals surface area contributed by atoms with Crippen LogP contribution in [0.5, 0.6) is 0 Å². The maximum Gasteiger partial charge on any atom is 0.184 e. The van der Waals surface area contributed by atoms with Crippen LogP contribution in [-0.4, -0.2) is 15.0 Å². The molecule has 0 radical (unpaired) electrons. The molecule has 0 amide bonds. The van der Waals surface area contributed by atoms with Gasteiger partial charge in [0.25, 0.3) is 0 Å². The number of hydrogen-bond donors (Lipinski definition) is 3. The molecular weight excluding hydrogens is 258 g/mol. The van der Waals surface area contributed by atoms with Gasteiger partial charge in [-0.2, -0.15) is 12.6 Å². The number of hydrogen-bond acceptors (Lipinski definition) is 3. The SMILES string of the molecule is Cc1c(C(S)c2nc3ccccc3[nH]2)[nH]ccc1=O. The Morgan fingerprint density at radius 3 is 2.84 bits per heavy atom. The largest absolute Gasteiger partial charge is 0.363 e. The van der Waals surface area contributed by atoms with Crippen molar-refractivity contribution < 1.29 is 0 Å². The number of fused-ring (bicyclic) bond motifs is 1. The molecule has 2 N–H and O–H groups in total. The number of imidazole rings is 1. The van der Waals surface area contributed by atoms with Gasteiger partial charge in [0.15, 0.2) is 5.43 Å². The monoisotopic (exact) mass is 271 g/mol. The molecule has 2 heterocycles. The Kier molecular flexibility index (Phi) is 2.91. The molecule has 1 aromatic carbocycles. The lowest BCUT2D eigenvalue weighted by molar-refractivity contribution is 0.947. The highest BCUT2D eigenvalue weighted by molar-refractivity contribution is 7.80. The van der Waals surface area contributed by atoms with Crippen LogP contribution in [0.1, 0.15) is 22.3 Å². The van der Waals surface area contributed by atoms with Crippen molar-refractivity contribution in [2.45, 2.75) is 12.2 Å². The number of H-pyrrole nitrogens is 2. The molecule has 2 aromatic heterocycles. The van der Waals surface area contributed by atoms with E-state index in [2.05, 4.69) is 27.6 Å². The molecule has 1 atom stereocenters. The summed E-state index contributed by atoms with van der Waals surface area (Å²) in [6.45, 7) is 1.79. The second-order valence-electron chi connectivity index (χ2n) is 4.42. The Labute approximate surface area is 115 Å². The maximum absolute atomic E-state index is 11.7. The van der Waals surface area contributed by atoms with E-state index in [1.165, 1.54) is 6.07 Å². The molecule has 0 aliphatic rings. The number of para-hydroxylation sites is 2. The van der Waals surface area contributed by atoms with E-state index in [-0.39, 0.29) is 10.7 Å². The molecule has 3 rings (SSSR count). The lowest BCUT2D eigenvalue weighted by Gasteiger charge is -2.10. The molecule has 1 unspecified atom stereocenters. The summed E-state index contributed by atoms with van der Waals surface area (Å²) in [5.74, 6) is 0.731. The molecular formula is C14H13N3OS.